The lowest BCUT2D eigenvalue weighted by atomic mass is 10.1. The van der Waals surface area contributed by atoms with Gasteiger partial charge in [0.2, 0.25) is 0 Å². The molecule has 2 aromatic carbocycles. The molecule has 0 saturated heterocycles. The molecule has 0 aliphatic carbocycles. The second-order valence-electron chi connectivity index (χ2n) is 4.85. The van der Waals surface area contributed by atoms with E-state index in [0.29, 0.717) is 0 Å². The van der Waals surface area contributed by atoms with Crippen molar-refractivity contribution in [3.05, 3.63) is 83.9 Å². The molecular formula is C17H17N3. The number of benzene rings is 2. The Kier molecular flexibility index (Phi) is 3.88. The van der Waals surface area contributed by atoms with Crippen LogP contribution in [0.3, 0.4) is 0 Å². The molecule has 0 radical (unpaired) electrons. The van der Waals surface area contributed by atoms with Crippen molar-refractivity contribution in [1.82, 2.24) is 14.8 Å². The van der Waals surface area contributed by atoms with Crippen molar-refractivity contribution in [2.45, 2.75) is 19.4 Å². The molecule has 0 N–H and O–H groups in total. The maximum Gasteiger partial charge on any atom is 0.133 e. The zero-order valence-electron chi connectivity index (χ0n) is 11.3. The van der Waals surface area contributed by atoms with Crippen LogP contribution in [0.5, 0.6) is 0 Å². The first-order chi connectivity index (χ1) is 9.92. The highest BCUT2D eigenvalue weighted by Crippen LogP contribution is 2.08. The second-order valence-corrected chi connectivity index (χ2v) is 4.85. The highest BCUT2D eigenvalue weighted by atomic mass is 15.3. The number of aromatic nitrogens is 3. The average molecular weight is 263 g/mol. The fourth-order valence-electron chi connectivity index (χ4n) is 2.29. The molecule has 1 heterocycles. The van der Waals surface area contributed by atoms with E-state index in [9.17, 15) is 0 Å². The Morgan fingerprint density at radius 1 is 0.750 bits per heavy atom. The summed E-state index contributed by atoms with van der Waals surface area (Å²) in [5, 5.41) is 8.28. The summed E-state index contributed by atoms with van der Waals surface area (Å²) in [7, 11) is 0. The van der Waals surface area contributed by atoms with Gasteiger partial charge in [-0.25, -0.2) is 0 Å². The Labute approximate surface area is 118 Å². The van der Waals surface area contributed by atoms with Crippen LogP contribution in [0.4, 0.5) is 0 Å². The van der Waals surface area contributed by atoms with Crippen LogP contribution in [0.2, 0.25) is 0 Å². The van der Waals surface area contributed by atoms with Gasteiger partial charge in [0.1, 0.15) is 12.2 Å². The van der Waals surface area contributed by atoms with Crippen LogP contribution in [0.25, 0.3) is 0 Å². The summed E-state index contributed by atoms with van der Waals surface area (Å²) in [6.45, 7) is 0.831. The van der Waals surface area contributed by atoms with E-state index in [2.05, 4.69) is 63.3 Å². The Balaban J connectivity index is 1.68. The van der Waals surface area contributed by atoms with Crippen LogP contribution >= 0.6 is 0 Å². The molecule has 20 heavy (non-hydrogen) atoms. The van der Waals surface area contributed by atoms with Crippen molar-refractivity contribution in [3.8, 4) is 0 Å². The largest absolute Gasteiger partial charge is 0.313 e. The van der Waals surface area contributed by atoms with Crippen LogP contribution in [-0.2, 0) is 19.4 Å². The predicted molar refractivity (Wildman–Crippen MR) is 79.4 cm³/mol. The summed E-state index contributed by atoms with van der Waals surface area (Å²) in [6.07, 6.45) is 3.72. The molecule has 0 aliphatic rings. The van der Waals surface area contributed by atoms with E-state index in [1.165, 1.54) is 11.1 Å². The van der Waals surface area contributed by atoms with Gasteiger partial charge < -0.3 is 4.57 Å². The number of hydrogen-bond donors (Lipinski definition) is 0. The van der Waals surface area contributed by atoms with Crippen molar-refractivity contribution in [3.63, 3.8) is 0 Å². The van der Waals surface area contributed by atoms with E-state index in [0.717, 1.165) is 25.2 Å². The summed E-state index contributed by atoms with van der Waals surface area (Å²) >= 11 is 0. The monoisotopic (exact) mass is 263 g/mol. The minimum atomic E-state index is 0.831. The third kappa shape index (κ3) is 3.12. The molecule has 1 aromatic heterocycles. The molecule has 3 aromatic rings. The van der Waals surface area contributed by atoms with Crippen LogP contribution in [0, 0.1) is 0 Å². The van der Waals surface area contributed by atoms with Crippen molar-refractivity contribution in [2.75, 3.05) is 0 Å². The number of hydrogen-bond acceptors (Lipinski definition) is 2. The molecule has 0 aliphatic heterocycles. The minimum Gasteiger partial charge on any atom is -0.313 e. The topological polar surface area (TPSA) is 30.7 Å². The molecule has 3 heteroatoms. The summed E-state index contributed by atoms with van der Waals surface area (Å²) in [4.78, 5) is 0. The van der Waals surface area contributed by atoms with E-state index >= 15 is 0 Å². The second kappa shape index (κ2) is 6.15. The van der Waals surface area contributed by atoms with E-state index in [1.807, 2.05) is 18.5 Å². The van der Waals surface area contributed by atoms with Gasteiger partial charge >= 0.3 is 0 Å². The molecule has 0 spiro atoms. The number of aryl methyl sites for hydroxylation is 2. The van der Waals surface area contributed by atoms with Crippen molar-refractivity contribution in [1.29, 1.82) is 0 Å². The summed E-state index contributed by atoms with van der Waals surface area (Å²) < 4.78 is 2.12. The lowest BCUT2D eigenvalue weighted by Crippen LogP contribution is -2.05. The first-order valence-electron chi connectivity index (χ1n) is 6.86. The smallest absolute Gasteiger partial charge is 0.133 e. The molecule has 100 valence electrons. The van der Waals surface area contributed by atoms with Crippen molar-refractivity contribution >= 4 is 0 Å². The molecule has 0 fully saturated rings. The third-order valence-corrected chi connectivity index (χ3v) is 3.37. The first-order valence-corrected chi connectivity index (χ1v) is 6.86. The van der Waals surface area contributed by atoms with Gasteiger partial charge in [-0.15, -0.1) is 10.2 Å². The van der Waals surface area contributed by atoms with Gasteiger partial charge in [-0.05, 0) is 17.5 Å². The highest BCUT2D eigenvalue weighted by Gasteiger charge is 2.05. The van der Waals surface area contributed by atoms with Gasteiger partial charge in [0.25, 0.3) is 0 Å². The SMILES string of the molecule is c1ccc(CCc2nncn2Cc2ccccc2)cc1. The normalized spacial score (nSPS) is 10.6. The highest BCUT2D eigenvalue weighted by molar-refractivity contribution is 5.17. The lowest BCUT2D eigenvalue weighted by Gasteiger charge is -2.06. The van der Waals surface area contributed by atoms with E-state index in [1.54, 1.807) is 0 Å². The van der Waals surface area contributed by atoms with Gasteiger partial charge in [-0.1, -0.05) is 60.7 Å². The number of nitrogens with zero attached hydrogens (tertiary/aromatic N) is 3. The van der Waals surface area contributed by atoms with E-state index < -0.39 is 0 Å². The van der Waals surface area contributed by atoms with Gasteiger partial charge in [-0.3, -0.25) is 0 Å². The van der Waals surface area contributed by atoms with Gasteiger partial charge in [0.15, 0.2) is 0 Å². The quantitative estimate of drug-likeness (QED) is 0.708. The third-order valence-electron chi connectivity index (χ3n) is 3.37. The van der Waals surface area contributed by atoms with Crippen LogP contribution in [0.1, 0.15) is 17.0 Å². The molecule has 0 amide bonds. The van der Waals surface area contributed by atoms with Gasteiger partial charge in [0, 0.05) is 6.42 Å². The van der Waals surface area contributed by atoms with E-state index in [4.69, 9.17) is 0 Å². The van der Waals surface area contributed by atoms with E-state index in [-0.39, 0.29) is 0 Å². The van der Waals surface area contributed by atoms with Gasteiger partial charge in [0.05, 0.1) is 6.54 Å². The van der Waals surface area contributed by atoms with Crippen LogP contribution < -0.4 is 0 Å². The lowest BCUT2D eigenvalue weighted by molar-refractivity contribution is 0.712. The van der Waals surface area contributed by atoms with Crippen LogP contribution in [0.15, 0.2) is 67.0 Å². The maximum absolute atomic E-state index is 4.24. The first kappa shape index (κ1) is 12.6. The summed E-state index contributed by atoms with van der Waals surface area (Å²) in [5.74, 6) is 1.04. The standard InChI is InChI=1S/C17H17N3/c1-3-7-15(8-4-1)11-12-17-19-18-14-20(17)13-16-9-5-2-6-10-16/h1-10,14H,11-13H2. The summed E-state index contributed by atoms with van der Waals surface area (Å²) in [6, 6.07) is 20.9. The Morgan fingerprint density at radius 2 is 1.40 bits per heavy atom. The van der Waals surface area contributed by atoms with Gasteiger partial charge in [-0.2, -0.15) is 0 Å². The predicted octanol–water partition coefficient (Wildman–Crippen LogP) is 3.11. The Bertz CT molecular complexity index is 644. The Morgan fingerprint density at radius 3 is 2.10 bits per heavy atom. The Hall–Kier alpha value is -2.42. The molecule has 3 rings (SSSR count). The minimum absolute atomic E-state index is 0.831. The van der Waals surface area contributed by atoms with Crippen molar-refractivity contribution in [2.24, 2.45) is 0 Å². The molecule has 3 nitrogen and oxygen atoms in total. The fourth-order valence-corrected chi connectivity index (χ4v) is 2.29. The molecule has 0 unspecified atom stereocenters. The summed E-state index contributed by atoms with van der Waals surface area (Å²) in [5.41, 5.74) is 2.61. The number of rotatable bonds is 5. The average Bonchev–Trinajstić information content (AvgIpc) is 2.94. The van der Waals surface area contributed by atoms with Crippen molar-refractivity contribution < 1.29 is 0 Å². The zero-order valence-corrected chi connectivity index (χ0v) is 11.3. The molecular weight excluding hydrogens is 246 g/mol. The molecule has 0 atom stereocenters. The zero-order chi connectivity index (χ0) is 13.6. The molecule has 0 bridgehead atoms. The maximum atomic E-state index is 4.24. The fraction of sp³-hybridized carbons (Fsp3) is 0.176. The molecule has 0 saturated carbocycles. The van der Waals surface area contributed by atoms with Crippen LogP contribution in [-0.4, -0.2) is 14.8 Å².